The summed E-state index contributed by atoms with van der Waals surface area (Å²) < 4.78 is 5.78. The molecule has 0 radical (unpaired) electrons. The summed E-state index contributed by atoms with van der Waals surface area (Å²) in [6.45, 7) is 3.11. The van der Waals surface area contributed by atoms with E-state index in [1.807, 2.05) is 37.3 Å². The Morgan fingerprint density at radius 2 is 2.04 bits per heavy atom. The Morgan fingerprint density at radius 3 is 2.79 bits per heavy atom. The number of carbonyl (C=O) groups excluding carboxylic acids is 2. The highest BCUT2D eigenvalue weighted by atomic mass is 79.9. The van der Waals surface area contributed by atoms with Gasteiger partial charge in [-0.15, -0.1) is 0 Å². The van der Waals surface area contributed by atoms with Crippen molar-refractivity contribution in [2.45, 2.75) is 19.9 Å². The highest BCUT2D eigenvalue weighted by molar-refractivity contribution is 9.10. The number of nitrogens with zero attached hydrogens (tertiary/aromatic N) is 1. The topological polar surface area (TPSA) is 74.4 Å². The zero-order valence-electron chi connectivity index (χ0n) is 15.6. The van der Waals surface area contributed by atoms with Crippen LogP contribution in [0.2, 0.25) is 0 Å². The number of aromatic nitrogens is 1. The molecule has 2 aromatic carbocycles. The third-order valence-electron chi connectivity index (χ3n) is 5.11. The number of hydrogen-bond acceptors (Lipinski definition) is 3. The summed E-state index contributed by atoms with van der Waals surface area (Å²) in [4.78, 5) is 29.8. The van der Waals surface area contributed by atoms with E-state index in [9.17, 15) is 9.59 Å². The van der Waals surface area contributed by atoms with Gasteiger partial charge in [-0.05, 0) is 42.8 Å². The number of aryl methyl sites for hydroxylation is 1. The highest BCUT2D eigenvalue weighted by Gasteiger charge is 2.24. The molecule has 1 aliphatic rings. The first kappa shape index (κ1) is 18.6. The van der Waals surface area contributed by atoms with E-state index < -0.39 is 0 Å². The monoisotopic (exact) mass is 441 g/mol. The first-order valence-corrected chi connectivity index (χ1v) is 9.79. The zero-order chi connectivity index (χ0) is 19.8. The third-order valence-corrected chi connectivity index (χ3v) is 5.96. The molecule has 7 heteroatoms. The van der Waals surface area contributed by atoms with Crippen LogP contribution in [0.15, 0.2) is 40.9 Å². The van der Waals surface area contributed by atoms with Gasteiger partial charge in [0.1, 0.15) is 0 Å². The van der Waals surface area contributed by atoms with Gasteiger partial charge >= 0.3 is 12.0 Å². The van der Waals surface area contributed by atoms with Crippen LogP contribution in [-0.2, 0) is 17.7 Å². The molecule has 0 atom stereocenters. The maximum absolute atomic E-state index is 12.8. The summed E-state index contributed by atoms with van der Waals surface area (Å²) in [5.74, 6) is -0.368. The van der Waals surface area contributed by atoms with Crippen molar-refractivity contribution in [1.29, 1.82) is 0 Å². The summed E-state index contributed by atoms with van der Waals surface area (Å²) in [7, 11) is 1.37. The van der Waals surface area contributed by atoms with Crippen LogP contribution in [0, 0.1) is 6.92 Å². The van der Waals surface area contributed by atoms with Gasteiger partial charge in [-0.2, -0.15) is 0 Å². The van der Waals surface area contributed by atoms with Crippen molar-refractivity contribution in [3.8, 4) is 0 Å². The van der Waals surface area contributed by atoms with Crippen LogP contribution in [0.25, 0.3) is 10.9 Å². The van der Waals surface area contributed by atoms with Crippen LogP contribution in [0.3, 0.4) is 0 Å². The number of hydrogen-bond donors (Lipinski definition) is 2. The molecule has 0 unspecified atom stereocenters. The molecule has 2 N–H and O–H groups in total. The average molecular weight is 442 g/mol. The number of benzene rings is 2. The largest absolute Gasteiger partial charge is 0.465 e. The molecule has 0 spiro atoms. The second-order valence-electron chi connectivity index (χ2n) is 6.90. The minimum Gasteiger partial charge on any atom is -0.465 e. The van der Waals surface area contributed by atoms with Crippen LogP contribution >= 0.6 is 15.9 Å². The molecule has 28 heavy (non-hydrogen) atoms. The van der Waals surface area contributed by atoms with Crippen LogP contribution in [-0.4, -0.2) is 35.5 Å². The summed E-state index contributed by atoms with van der Waals surface area (Å²) in [6, 6.07) is 11.1. The van der Waals surface area contributed by atoms with Gasteiger partial charge in [0.2, 0.25) is 0 Å². The first-order chi connectivity index (χ1) is 13.5. The number of amides is 2. The van der Waals surface area contributed by atoms with Gasteiger partial charge in [0.25, 0.3) is 0 Å². The lowest BCUT2D eigenvalue weighted by Crippen LogP contribution is -2.38. The number of fused-ring (bicyclic) bond motifs is 3. The van der Waals surface area contributed by atoms with Crippen molar-refractivity contribution in [3.05, 3.63) is 63.3 Å². The second kappa shape index (κ2) is 7.31. The van der Waals surface area contributed by atoms with E-state index >= 15 is 0 Å². The fourth-order valence-electron chi connectivity index (χ4n) is 3.51. The molecule has 0 bridgehead atoms. The minimum atomic E-state index is -0.368. The molecule has 2 heterocycles. The van der Waals surface area contributed by atoms with Crippen molar-refractivity contribution >= 4 is 44.5 Å². The van der Waals surface area contributed by atoms with E-state index in [1.54, 1.807) is 11.0 Å². The summed E-state index contributed by atoms with van der Waals surface area (Å²) in [5.41, 5.74) is 5.48. The second-order valence-corrected chi connectivity index (χ2v) is 7.75. The average Bonchev–Trinajstić information content (AvgIpc) is 3.07. The molecule has 0 aliphatic carbocycles. The van der Waals surface area contributed by atoms with Gasteiger partial charge in [0, 0.05) is 51.8 Å². The Morgan fingerprint density at radius 1 is 1.21 bits per heavy atom. The minimum absolute atomic E-state index is 0.139. The molecule has 4 rings (SSSR count). The van der Waals surface area contributed by atoms with Crippen LogP contribution < -0.4 is 5.32 Å². The number of aromatic amines is 1. The van der Waals surface area contributed by atoms with E-state index in [4.69, 9.17) is 4.74 Å². The molecule has 2 amide bonds. The molecule has 144 valence electrons. The summed E-state index contributed by atoms with van der Waals surface area (Å²) in [5, 5.41) is 3.91. The Labute approximate surface area is 171 Å². The Bertz CT molecular complexity index is 1090. The van der Waals surface area contributed by atoms with Crippen LogP contribution in [0.5, 0.6) is 0 Å². The van der Waals surface area contributed by atoms with E-state index in [1.165, 1.54) is 7.11 Å². The maximum Gasteiger partial charge on any atom is 0.337 e. The lowest BCUT2D eigenvalue weighted by Gasteiger charge is -2.27. The summed E-state index contributed by atoms with van der Waals surface area (Å²) in [6.07, 6.45) is 0.739. The van der Waals surface area contributed by atoms with Crippen molar-refractivity contribution in [3.63, 3.8) is 0 Å². The van der Waals surface area contributed by atoms with E-state index in [0.717, 1.165) is 44.3 Å². The Kier molecular flexibility index (Phi) is 4.85. The molecule has 0 saturated carbocycles. The van der Waals surface area contributed by atoms with Crippen molar-refractivity contribution in [2.24, 2.45) is 0 Å². The number of esters is 1. The van der Waals surface area contributed by atoms with Crippen molar-refractivity contribution < 1.29 is 14.3 Å². The Balaban J connectivity index is 1.58. The standard InChI is InChI=1S/C21H20BrN3O3/c1-12-3-5-14(10-17(12)22)23-21(27)25-8-7-19-16(11-25)15-9-13(20(26)28-2)4-6-18(15)24-19/h3-6,9-10,24H,7-8,11H2,1-2H3,(H,23,27). The smallest absolute Gasteiger partial charge is 0.337 e. The lowest BCUT2D eigenvalue weighted by atomic mass is 10.0. The number of ether oxygens (including phenoxy) is 1. The molecule has 3 aromatic rings. The van der Waals surface area contributed by atoms with E-state index in [0.29, 0.717) is 18.7 Å². The molecular weight excluding hydrogens is 422 g/mol. The van der Waals surface area contributed by atoms with Crippen LogP contribution in [0.1, 0.15) is 27.2 Å². The summed E-state index contributed by atoms with van der Waals surface area (Å²) >= 11 is 3.49. The lowest BCUT2D eigenvalue weighted by molar-refractivity contribution is 0.0601. The van der Waals surface area contributed by atoms with E-state index in [-0.39, 0.29) is 12.0 Å². The zero-order valence-corrected chi connectivity index (χ0v) is 17.2. The highest BCUT2D eigenvalue weighted by Crippen LogP contribution is 2.29. The fourth-order valence-corrected chi connectivity index (χ4v) is 3.88. The third kappa shape index (κ3) is 3.38. The molecular formula is C21H20BrN3O3. The molecule has 1 aromatic heterocycles. The molecule has 1 aliphatic heterocycles. The SMILES string of the molecule is COC(=O)c1ccc2[nH]c3c(c2c1)CN(C(=O)Nc1ccc(C)c(Br)c1)CC3. The number of halogens is 1. The first-order valence-electron chi connectivity index (χ1n) is 9.00. The Hall–Kier alpha value is -2.80. The van der Waals surface area contributed by atoms with Gasteiger partial charge < -0.3 is 19.9 Å². The van der Waals surface area contributed by atoms with Gasteiger partial charge in [0.05, 0.1) is 12.7 Å². The number of carbonyl (C=O) groups is 2. The number of rotatable bonds is 2. The maximum atomic E-state index is 12.8. The van der Waals surface area contributed by atoms with Gasteiger partial charge in [-0.3, -0.25) is 0 Å². The van der Waals surface area contributed by atoms with Crippen molar-refractivity contribution in [2.75, 3.05) is 19.0 Å². The number of nitrogens with one attached hydrogen (secondary N) is 2. The number of H-pyrrole nitrogens is 1. The predicted molar refractivity (Wildman–Crippen MR) is 112 cm³/mol. The normalized spacial score (nSPS) is 13.3. The van der Waals surface area contributed by atoms with Crippen LogP contribution in [0.4, 0.5) is 10.5 Å². The molecule has 6 nitrogen and oxygen atoms in total. The molecule has 0 saturated heterocycles. The molecule has 0 fully saturated rings. The van der Waals surface area contributed by atoms with E-state index in [2.05, 4.69) is 26.2 Å². The fraction of sp³-hybridized carbons (Fsp3) is 0.238. The van der Waals surface area contributed by atoms with Gasteiger partial charge in [-0.25, -0.2) is 9.59 Å². The number of methoxy groups -OCH3 is 1. The quantitative estimate of drug-likeness (QED) is 0.569. The number of urea groups is 1. The predicted octanol–water partition coefficient (Wildman–Crippen LogP) is 4.62. The number of anilines is 1. The van der Waals surface area contributed by atoms with Gasteiger partial charge in [0.15, 0.2) is 0 Å². The van der Waals surface area contributed by atoms with Crippen molar-refractivity contribution in [1.82, 2.24) is 9.88 Å². The van der Waals surface area contributed by atoms with Gasteiger partial charge in [-0.1, -0.05) is 22.0 Å².